The van der Waals surface area contributed by atoms with Crippen molar-refractivity contribution in [2.24, 2.45) is 10.4 Å². The zero-order valence-corrected chi connectivity index (χ0v) is 13.0. The first-order valence-electron chi connectivity index (χ1n) is 7.63. The fourth-order valence-electron chi connectivity index (χ4n) is 2.24. The Bertz CT molecular complexity index is 276. The smallest absolute Gasteiger partial charge is 0.191 e. The van der Waals surface area contributed by atoms with Crippen LogP contribution in [0.1, 0.15) is 59.8 Å². The van der Waals surface area contributed by atoms with Crippen molar-refractivity contribution in [3.05, 3.63) is 0 Å². The molecule has 1 saturated carbocycles. The highest BCUT2D eigenvalue weighted by molar-refractivity contribution is 5.80. The number of aliphatic hydroxyl groups excluding tert-OH is 1. The molecule has 19 heavy (non-hydrogen) atoms. The fourth-order valence-corrected chi connectivity index (χ4v) is 2.24. The summed E-state index contributed by atoms with van der Waals surface area (Å²) in [5.41, 5.74) is 0.329. The minimum atomic E-state index is -0.0986. The molecule has 0 radical (unpaired) electrons. The summed E-state index contributed by atoms with van der Waals surface area (Å²) in [5.74, 6) is 0.924. The molecule has 1 rings (SSSR count). The fraction of sp³-hybridized carbons (Fsp3) is 0.933. The number of aliphatic hydroxyl groups is 1. The van der Waals surface area contributed by atoms with Gasteiger partial charge in [-0.3, -0.25) is 4.99 Å². The van der Waals surface area contributed by atoms with Crippen molar-refractivity contribution in [3.8, 4) is 0 Å². The predicted octanol–water partition coefficient (Wildman–Crippen LogP) is 2.28. The first-order chi connectivity index (χ1) is 8.90. The Hall–Kier alpha value is -0.770. The Morgan fingerprint density at radius 2 is 1.84 bits per heavy atom. The van der Waals surface area contributed by atoms with Gasteiger partial charge in [0.25, 0.3) is 0 Å². The van der Waals surface area contributed by atoms with E-state index in [0.29, 0.717) is 11.5 Å². The van der Waals surface area contributed by atoms with Crippen molar-refractivity contribution in [3.63, 3.8) is 0 Å². The third kappa shape index (κ3) is 7.41. The molecule has 0 aromatic carbocycles. The highest BCUT2D eigenvalue weighted by Crippen LogP contribution is 2.19. The molecule has 4 heteroatoms. The molecule has 0 spiro atoms. The lowest BCUT2D eigenvalue weighted by Crippen LogP contribution is -2.45. The average Bonchev–Trinajstić information content (AvgIpc) is 2.30. The van der Waals surface area contributed by atoms with E-state index in [1.165, 1.54) is 0 Å². The molecule has 0 heterocycles. The molecule has 0 aromatic heterocycles. The standard InChI is InChI=1S/C15H31N3O/c1-5-16-14(17-11-10-15(2,3)4)18-12-6-8-13(19)9-7-12/h12-13,19H,5-11H2,1-4H3,(H2,16,17,18). The molecule has 1 aliphatic carbocycles. The molecule has 0 saturated heterocycles. The second kappa shape index (κ2) is 7.73. The average molecular weight is 269 g/mol. The third-order valence-corrected chi connectivity index (χ3v) is 3.51. The first kappa shape index (κ1) is 16.3. The molecule has 1 fully saturated rings. The molecule has 0 aliphatic heterocycles. The Morgan fingerprint density at radius 1 is 1.21 bits per heavy atom. The number of guanidine groups is 1. The van der Waals surface area contributed by atoms with Crippen LogP contribution in [0.5, 0.6) is 0 Å². The van der Waals surface area contributed by atoms with Crippen molar-refractivity contribution >= 4 is 5.96 Å². The number of nitrogens with zero attached hydrogens (tertiary/aromatic N) is 1. The van der Waals surface area contributed by atoms with Crippen molar-refractivity contribution in [1.82, 2.24) is 10.6 Å². The van der Waals surface area contributed by atoms with Gasteiger partial charge >= 0.3 is 0 Å². The Kier molecular flexibility index (Phi) is 6.63. The van der Waals surface area contributed by atoms with Crippen LogP contribution < -0.4 is 10.6 Å². The van der Waals surface area contributed by atoms with E-state index in [1.807, 2.05) is 0 Å². The van der Waals surface area contributed by atoms with E-state index >= 15 is 0 Å². The van der Waals surface area contributed by atoms with E-state index in [-0.39, 0.29) is 6.10 Å². The molecule has 0 unspecified atom stereocenters. The number of aliphatic imine (C=N–C) groups is 1. The SMILES string of the molecule is CCNC(=NCCC(C)(C)C)NC1CCC(O)CC1. The van der Waals surface area contributed by atoms with E-state index in [4.69, 9.17) is 0 Å². The van der Waals surface area contributed by atoms with Gasteiger partial charge in [0.15, 0.2) is 5.96 Å². The van der Waals surface area contributed by atoms with Crippen LogP contribution in [0.25, 0.3) is 0 Å². The number of hydrogen-bond acceptors (Lipinski definition) is 2. The largest absolute Gasteiger partial charge is 0.393 e. The lowest BCUT2D eigenvalue weighted by Gasteiger charge is -2.27. The monoisotopic (exact) mass is 269 g/mol. The van der Waals surface area contributed by atoms with Crippen LogP contribution in [0.15, 0.2) is 4.99 Å². The van der Waals surface area contributed by atoms with Gasteiger partial charge in [-0.1, -0.05) is 20.8 Å². The number of hydrogen-bond donors (Lipinski definition) is 3. The van der Waals surface area contributed by atoms with Gasteiger partial charge in [-0.15, -0.1) is 0 Å². The van der Waals surface area contributed by atoms with Gasteiger partial charge in [0.1, 0.15) is 0 Å². The molecule has 112 valence electrons. The van der Waals surface area contributed by atoms with Gasteiger partial charge < -0.3 is 15.7 Å². The summed E-state index contributed by atoms with van der Waals surface area (Å²) in [7, 11) is 0. The number of nitrogens with one attached hydrogen (secondary N) is 2. The van der Waals surface area contributed by atoms with Gasteiger partial charge in [-0.25, -0.2) is 0 Å². The highest BCUT2D eigenvalue weighted by Gasteiger charge is 2.20. The maximum Gasteiger partial charge on any atom is 0.191 e. The zero-order chi connectivity index (χ0) is 14.3. The summed E-state index contributed by atoms with van der Waals surface area (Å²) >= 11 is 0. The second-order valence-electron chi connectivity index (χ2n) is 6.72. The molecule has 4 nitrogen and oxygen atoms in total. The maximum atomic E-state index is 9.52. The van der Waals surface area contributed by atoms with Crippen molar-refractivity contribution in [1.29, 1.82) is 0 Å². The first-order valence-corrected chi connectivity index (χ1v) is 7.63. The lowest BCUT2D eigenvalue weighted by atomic mass is 9.92. The van der Waals surface area contributed by atoms with Crippen molar-refractivity contribution in [2.45, 2.75) is 71.9 Å². The Morgan fingerprint density at radius 3 is 2.37 bits per heavy atom. The summed E-state index contributed by atoms with van der Waals surface area (Å²) in [6.45, 7) is 10.6. The van der Waals surface area contributed by atoms with E-state index in [9.17, 15) is 5.11 Å². The molecule has 0 aromatic rings. The van der Waals surface area contributed by atoms with Crippen LogP contribution in [0.4, 0.5) is 0 Å². The second-order valence-corrected chi connectivity index (χ2v) is 6.72. The van der Waals surface area contributed by atoms with Crippen molar-refractivity contribution in [2.75, 3.05) is 13.1 Å². The minimum Gasteiger partial charge on any atom is -0.393 e. The van der Waals surface area contributed by atoms with Crippen LogP contribution in [-0.2, 0) is 0 Å². The van der Waals surface area contributed by atoms with Crippen LogP contribution in [0.3, 0.4) is 0 Å². The molecule has 0 bridgehead atoms. The summed E-state index contributed by atoms with van der Waals surface area (Å²) in [6, 6.07) is 0.454. The van der Waals surface area contributed by atoms with Gasteiger partial charge in [0.05, 0.1) is 6.10 Å². The normalized spacial score (nSPS) is 25.2. The zero-order valence-electron chi connectivity index (χ0n) is 13.0. The van der Waals surface area contributed by atoms with Crippen LogP contribution in [0, 0.1) is 5.41 Å². The van der Waals surface area contributed by atoms with Gasteiger partial charge in [-0.2, -0.15) is 0 Å². The van der Waals surface area contributed by atoms with E-state index < -0.39 is 0 Å². The van der Waals surface area contributed by atoms with Crippen LogP contribution in [-0.4, -0.2) is 36.3 Å². The molecule has 0 amide bonds. The molecule has 3 N–H and O–H groups in total. The highest BCUT2D eigenvalue weighted by atomic mass is 16.3. The summed E-state index contributed by atoms with van der Waals surface area (Å²) in [6.07, 6.45) is 4.86. The minimum absolute atomic E-state index is 0.0986. The van der Waals surface area contributed by atoms with Crippen LogP contribution in [0.2, 0.25) is 0 Å². The molecule has 0 atom stereocenters. The molecular weight excluding hydrogens is 238 g/mol. The third-order valence-electron chi connectivity index (χ3n) is 3.51. The van der Waals surface area contributed by atoms with Gasteiger partial charge in [0, 0.05) is 19.1 Å². The van der Waals surface area contributed by atoms with Crippen LogP contribution >= 0.6 is 0 Å². The summed E-state index contributed by atoms with van der Waals surface area (Å²) < 4.78 is 0. The predicted molar refractivity (Wildman–Crippen MR) is 81.4 cm³/mol. The Labute approximate surface area is 118 Å². The maximum absolute atomic E-state index is 9.52. The topological polar surface area (TPSA) is 56.7 Å². The van der Waals surface area contributed by atoms with E-state index in [2.05, 4.69) is 43.3 Å². The van der Waals surface area contributed by atoms with Gasteiger partial charge in [-0.05, 0) is 44.4 Å². The quantitative estimate of drug-likeness (QED) is 0.542. The van der Waals surface area contributed by atoms with E-state index in [0.717, 1.165) is 51.2 Å². The van der Waals surface area contributed by atoms with E-state index in [1.54, 1.807) is 0 Å². The molecular formula is C15H31N3O. The van der Waals surface area contributed by atoms with Crippen molar-refractivity contribution < 1.29 is 5.11 Å². The van der Waals surface area contributed by atoms with Gasteiger partial charge in [0.2, 0.25) is 0 Å². The summed E-state index contributed by atoms with van der Waals surface area (Å²) in [5, 5.41) is 16.3. The Balaban J connectivity index is 2.41. The summed E-state index contributed by atoms with van der Waals surface area (Å²) in [4.78, 5) is 4.64. The number of rotatable bonds is 4. The molecule has 1 aliphatic rings. The lowest BCUT2D eigenvalue weighted by molar-refractivity contribution is 0.120.